The van der Waals surface area contributed by atoms with Crippen LogP contribution < -0.4 is 5.32 Å². The molecular formula is C23H23ClN4O3. The van der Waals surface area contributed by atoms with E-state index in [1.165, 1.54) is 0 Å². The van der Waals surface area contributed by atoms with E-state index in [0.29, 0.717) is 42.3 Å². The minimum absolute atomic E-state index is 0.0139. The van der Waals surface area contributed by atoms with Crippen molar-refractivity contribution in [3.8, 4) is 11.3 Å². The Kier molecular flexibility index (Phi) is 5.17. The van der Waals surface area contributed by atoms with Gasteiger partial charge >= 0.3 is 0 Å². The Hall–Kier alpha value is -2.87. The lowest BCUT2D eigenvalue weighted by atomic mass is 10.0. The van der Waals surface area contributed by atoms with Gasteiger partial charge in [-0.3, -0.25) is 14.5 Å². The lowest BCUT2D eigenvalue weighted by Gasteiger charge is -2.34. The lowest BCUT2D eigenvalue weighted by Crippen LogP contribution is -2.49. The number of rotatable bonds is 4. The molecule has 160 valence electrons. The van der Waals surface area contributed by atoms with Gasteiger partial charge in [-0.25, -0.2) is 0 Å². The molecule has 0 unspecified atom stereocenters. The van der Waals surface area contributed by atoms with Gasteiger partial charge in [0.25, 0.3) is 11.8 Å². The minimum Gasteiger partial charge on any atom is -0.395 e. The molecule has 0 aliphatic carbocycles. The third kappa shape index (κ3) is 3.59. The number of nitrogens with one attached hydrogen (secondary N) is 2. The highest BCUT2D eigenvalue weighted by atomic mass is 35.5. The van der Waals surface area contributed by atoms with Gasteiger partial charge < -0.3 is 20.3 Å². The molecule has 2 amide bonds. The van der Waals surface area contributed by atoms with Crippen LogP contribution >= 0.6 is 11.6 Å². The predicted molar refractivity (Wildman–Crippen MR) is 119 cm³/mol. The molecule has 0 bridgehead atoms. The first-order valence-electron chi connectivity index (χ1n) is 10.4. The number of aromatic amines is 1. The summed E-state index contributed by atoms with van der Waals surface area (Å²) < 4.78 is 0. The molecule has 5 rings (SSSR count). The molecule has 3 aromatic rings. The van der Waals surface area contributed by atoms with Crippen LogP contribution in [0.15, 0.2) is 36.4 Å². The normalized spacial score (nSPS) is 16.6. The molecule has 0 radical (unpaired) electrons. The third-order valence-corrected chi connectivity index (χ3v) is 6.50. The molecule has 2 aliphatic heterocycles. The van der Waals surface area contributed by atoms with E-state index in [1.807, 2.05) is 41.3 Å². The number of hydrogen-bond acceptors (Lipinski definition) is 4. The fourth-order valence-corrected chi connectivity index (χ4v) is 4.67. The Morgan fingerprint density at radius 3 is 2.68 bits per heavy atom. The molecule has 31 heavy (non-hydrogen) atoms. The van der Waals surface area contributed by atoms with Crippen LogP contribution in [0.4, 0.5) is 0 Å². The molecule has 7 nitrogen and oxygen atoms in total. The van der Waals surface area contributed by atoms with Crippen molar-refractivity contribution in [2.45, 2.75) is 6.54 Å². The van der Waals surface area contributed by atoms with Crippen molar-refractivity contribution in [3.63, 3.8) is 0 Å². The van der Waals surface area contributed by atoms with Crippen molar-refractivity contribution < 1.29 is 14.7 Å². The number of amides is 2. The predicted octanol–water partition coefficient (Wildman–Crippen LogP) is 2.48. The van der Waals surface area contributed by atoms with Crippen LogP contribution in [-0.4, -0.2) is 71.0 Å². The number of benzene rings is 2. The number of piperazine rings is 1. The number of hydrogen-bond donors (Lipinski definition) is 3. The van der Waals surface area contributed by atoms with E-state index in [1.54, 1.807) is 0 Å². The first-order valence-corrected chi connectivity index (χ1v) is 10.8. The molecule has 3 N–H and O–H groups in total. The number of nitrogens with zero attached hydrogens (tertiary/aromatic N) is 2. The lowest BCUT2D eigenvalue weighted by molar-refractivity contribution is 0.0615. The van der Waals surface area contributed by atoms with Gasteiger partial charge in [0.2, 0.25) is 0 Å². The second-order valence-corrected chi connectivity index (χ2v) is 8.38. The van der Waals surface area contributed by atoms with E-state index >= 15 is 0 Å². The van der Waals surface area contributed by atoms with Gasteiger partial charge in [-0.15, -0.1) is 0 Å². The highest BCUT2D eigenvalue weighted by Gasteiger charge is 2.26. The van der Waals surface area contributed by atoms with Crippen molar-refractivity contribution in [1.82, 2.24) is 20.1 Å². The molecule has 0 spiro atoms. The maximum atomic E-state index is 13.0. The van der Waals surface area contributed by atoms with E-state index in [-0.39, 0.29) is 18.4 Å². The second kappa shape index (κ2) is 8.00. The zero-order valence-corrected chi connectivity index (χ0v) is 17.7. The first kappa shape index (κ1) is 20.1. The highest BCUT2D eigenvalue weighted by Crippen LogP contribution is 2.34. The maximum Gasteiger partial charge on any atom is 0.253 e. The fourth-order valence-electron chi connectivity index (χ4n) is 4.45. The molecular weight excluding hydrogens is 416 g/mol. The fraction of sp³-hybridized carbons (Fsp3) is 0.304. The topological polar surface area (TPSA) is 88.7 Å². The summed E-state index contributed by atoms with van der Waals surface area (Å²) >= 11 is 6.27. The van der Waals surface area contributed by atoms with Crippen LogP contribution in [-0.2, 0) is 6.54 Å². The molecule has 2 aromatic carbocycles. The van der Waals surface area contributed by atoms with E-state index < -0.39 is 0 Å². The number of aliphatic hydroxyl groups is 1. The van der Waals surface area contributed by atoms with Gasteiger partial charge in [-0.05, 0) is 30.3 Å². The van der Waals surface area contributed by atoms with Crippen LogP contribution in [0.5, 0.6) is 0 Å². The van der Waals surface area contributed by atoms with Gasteiger partial charge in [0, 0.05) is 77.6 Å². The number of fused-ring (bicyclic) bond motifs is 2. The quantitative estimate of drug-likeness (QED) is 0.584. The Bertz CT molecular complexity index is 1180. The summed E-state index contributed by atoms with van der Waals surface area (Å²) in [6, 6.07) is 11.3. The Morgan fingerprint density at radius 2 is 1.90 bits per heavy atom. The number of aromatic nitrogens is 1. The number of carbonyl (C=O) groups is 2. The maximum absolute atomic E-state index is 13.0. The largest absolute Gasteiger partial charge is 0.395 e. The number of halogens is 1. The molecule has 1 fully saturated rings. The molecule has 0 saturated carbocycles. The Labute approximate surface area is 184 Å². The van der Waals surface area contributed by atoms with Crippen LogP contribution in [0.3, 0.4) is 0 Å². The molecule has 3 heterocycles. The summed E-state index contributed by atoms with van der Waals surface area (Å²) in [4.78, 5) is 32.7. The number of β-amino-alcohol motifs (C(OH)–C–C–N with tert-alkyl or cyclic N) is 1. The van der Waals surface area contributed by atoms with Crippen LogP contribution in [0.1, 0.15) is 26.3 Å². The van der Waals surface area contributed by atoms with E-state index in [4.69, 9.17) is 16.7 Å². The summed E-state index contributed by atoms with van der Waals surface area (Å²) in [5.74, 6) is -0.109. The van der Waals surface area contributed by atoms with Crippen molar-refractivity contribution in [2.24, 2.45) is 0 Å². The molecule has 8 heteroatoms. The average Bonchev–Trinajstić information content (AvgIpc) is 3.38. The summed E-state index contributed by atoms with van der Waals surface area (Å²) in [7, 11) is 0. The van der Waals surface area contributed by atoms with Crippen LogP contribution in [0.25, 0.3) is 22.2 Å². The summed E-state index contributed by atoms with van der Waals surface area (Å²) in [5.41, 5.74) is 4.60. The number of carbonyl (C=O) groups excluding carboxylic acids is 2. The third-order valence-electron chi connectivity index (χ3n) is 6.14. The van der Waals surface area contributed by atoms with Crippen LogP contribution in [0, 0.1) is 0 Å². The minimum atomic E-state index is -0.123. The van der Waals surface area contributed by atoms with Gasteiger partial charge in [-0.1, -0.05) is 17.7 Å². The highest BCUT2D eigenvalue weighted by molar-refractivity contribution is 6.32. The number of aliphatic hydroxyl groups excluding tert-OH is 1. The van der Waals surface area contributed by atoms with E-state index in [2.05, 4.69) is 15.2 Å². The van der Waals surface area contributed by atoms with Gasteiger partial charge in [0.05, 0.1) is 12.2 Å². The van der Waals surface area contributed by atoms with Crippen molar-refractivity contribution in [3.05, 3.63) is 58.1 Å². The van der Waals surface area contributed by atoms with Gasteiger partial charge in [-0.2, -0.15) is 0 Å². The monoisotopic (exact) mass is 438 g/mol. The average molecular weight is 439 g/mol. The summed E-state index contributed by atoms with van der Waals surface area (Å²) in [6.07, 6.45) is 0. The summed E-state index contributed by atoms with van der Waals surface area (Å²) in [5, 5.41) is 13.4. The van der Waals surface area contributed by atoms with Crippen LogP contribution in [0.2, 0.25) is 5.02 Å². The van der Waals surface area contributed by atoms with Crippen molar-refractivity contribution in [2.75, 3.05) is 39.3 Å². The van der Waals surface area contributed by atoms with Gasteiger partial charge in [0.15, 0.2) is 0 Å². The smallest absolute Gasteiger partial charge is 0.253 e. The second-order valence-electron chi connectivity index (χ2n) is 7.97. The van der Waals surface area contributed by atoms with Crippen molar-refractivity contribution in [1.29, 1.82) is 0 Å². The molecule has 1 aromatic heterocycles. The Balaban J connectivity index is 1.43. The first-order chi connectivity index (χ1) is 15.0. The zero-order chi connectivity index (χ0) is 21.5. The van der Waals surface area contributed by atoms with Gasteiger partial charge in [0.1, 0.15) is 0 Å². The van der Waals surface area contributed by atoms with Crippen molar-refractivity contribution >= 4 is 34.3 Å². The zero-order valence-electron chi connectivity index (χ0n) is 16.9. The van der Waals surface area contributed by atoms with E-state index in [0.717, 1.165) is 40.8 Å². The summed E-state index contributed by atoms with van der Waals surface area (Å²) in [6.45, 7) is 4.07. The van der Waals surface area contributed by atoms with E-state index in [9.17, 15) is 9.59 Å². The Morgan fingerprint density at radius 1 is 1.10 bits per heavy atom. The molecule has 2 aliphatic rings. The number of H-pyrrole nitrogens is 1. The SMILES string of the molecule is O=C1NCc2c(Cl)ccc(-c3cc4cc(C(=O)N5CCN(CCO)CC5)ccc4[nH]3)c21. The molecule has 1 saturated heterocycles. The standard InChI is InChI=1S/C23H23ClN4O3/c24-18-3-2-16(21-17(18)13-25-22(21)30)20-12-15-11-14(1-4-19(15)26-20)23(31)28-7-5-27(6-8-28)9-10-29/h1-4,11-12,26,29H,5-10,13H2,(H,25,30). The molecule has 0 atom stereocenters.